The van der Waals surface area contributed by atoms with Crippen LogP contribution in [0.5, 0.6) is 0 Å². The van der Waals surface area contributed by atoms with E-state index in [0.717, 1.165) is 17.8 Å². The number of hydrogen-bond donors (Lipinski definition) is 0. The lowest BCUT2D eigenvalue weighted by Gasteiger charge is -1.96. The molecule has 0 aliphatic rings. The third-order valence-corrected chi connectivity index (χ3v) is 1.83. The zero-order chi connectivity index (χ0) is 11.0. The van der Waals surface area contributed by atoms with Gasteiger partial charge in [0.2, 0.25) is 0 Å². The fraction of sp³-hybridized carbons (Fsp3) is 0.300. The van der Waals surface area contributed by atoms with Crippen LogP contribution in [0.4, 0.5) is 8.78 Å². The van der Waals surface area contributed by atoms with Gasteiger partial charge in [-0.3, -0.25) is 0 Å². The van der Waals surface area contributed by atoms with Crippen LogP contribution >= 0.6 is 11.8 Å². The van der Waals surface area contributed by atoms with E-state index in [9.17, 15) is 8.78 Å². The molecule has 0 bridgehead atoms. The molecule has 1 aromatic rings. The van der Waals surface area contributed by atoms with Gasteiger partial charge in [0.15, 0.2) is 0 Å². The monoisotopic (exact) mass is 215 g/mol. The third kappa shape index (κ3) is 4.83. The second-order valence-electron chi connectivity index (χ2n) is 2.16. The Balaban J connectivity index is 0.000000791. The van der Waals surface area contributed by atoms with Crippen molar-refractivity contribution >= 4 is 11.8 Å². The molecule has 76 valence electrons. The van der Waals surface area contributed by atoms with Crippen LogP contribution in [0.15, 0.2) is 18.2 Å². The molecule has 0 saturated carbocycles. The van der Waals surface area contributed by atoms with Gasteiger partial charge in [0.25, 0.3) is 0 Å². The summed E-state index contributed by atoms with van der Waals surface area (Å²) in [6.07, 6.45) is 0. The first-order valence-electron chi connectivity index (χ1n) is 4.18. The van der Waals surface area contributed by atoms with Crippen LogP contribution in [0.25, 0.3) is 0 Å². The Morgan fingerprint density at radius 3 is 2.14 bits per heavy atom. The average Bonchev–Trinajstić information content (AvgIpc) is 2.16. The number of halogens is 2. The van der Waals surface area contributed by atoms with E-state index in [2.05, 4.69) is 0 Å². The van der Waals surface area contributed by atoms with Crippen LogP contribution in [0.1, 0.15) is 19.4 Å². The minimum atomic E-state index is -0.608. The van der Waals surface area contributed by atoms with E-state index >= 15 is 0 Å². The van der Waals surface area contributed by atoms with Crippen LogP contribution in [0.3, 0.4) is 0 Å². The van der Waals surface area contributed by atoms with Crippen LogP contribution in [0.2, 0.25) is 0 Å². The first kappa shape index (κ1) is 12.9. The second-order valence-corrected chi connectivity index (χ2v) is 2.92. The largest absolute Gasteiger partial charge is 0.207 e. The van der Waals surface area contributed by atoms with Crippen molar-refractivity contribution in [1.82, 2.24) is 0 Å². The number of rotatable bonds is 2. The van der Waals surface area contributed by atoms with Gasteiger partial charge < -0.3 is 0 Å². The summed E-state index contributed by atoms with van der Waals surface area (Å²) in [6.45, 7) is 4.00. The number of benzene rings is 1. The molecule has 0 N–H and O–H groups in total. The number of nitrogens with zero attached hydrogens (tertiary/aromatic N) is 1. The Kier molecular flexibility index (Phi) is 6.77. The lowest BCUT2D eigenvalue weighted by molar-refractivity contribution is 0.581. The Bertz CT molecular complexity index is 300. The SMILES string of the molecule is CC.N#CSCc1cc(F)cc(F)c1. The first-order valence-corrected chi connectivity index (χ1v) is 5.17. The van der Waals surface area contributed by atoms with Crippen molar-refractivity contribution in [3.8, 4) is 5.40 Å². The molecule has 0 spiro atoms. The van der Waals surface area contributed by atoms with Gasteiger partial charge in [-0.05, 0) is 29.5 Å². The van der Waals surface area contributed by atoms with Gasteiger partial charge in [0.05, 0.1) is 0 Å². The van der Waals surface area contributed by atoms with E-state index in [1.165, 1.54) is 12.1 Å². The van der Waals surface area contributed by atoms with E-state index < -0.39 is 11.6 Å². The number of hydrogen-bond acceptors (Lipinski definition) is 2. The highest BCUT2D eigenvalue weighted by atomic mass is 32.2. The minimum absolute atomic E-state index is 0.311. The van der Waals surface area contributed by atoms with Crippen molar-refractivity contribution in [2.24, 2.45) is 0 Å². The highest BCUT2D eigenvalue weighted by molar-refractivity contribution is 8.02. The fourth-order valence-corrected chi connectivity index (χ4v) is 1.21. The van der Waals surface area contributed by atoms with E-state index in [0.29, 0.717) is 11.3 Å². The van der Waals surface area contributed by atoms with Crippen molar-refractivity contribution in [3.05, 3.63) is 35.4 Å². The summed E-state index contributed by atoms with van der Waals surface area (Å²) < 4.78 is 25.0. The Morgan fingerprint density at radius 1 is 1.21 bits per heavy atom. The van der Waals surface area contributed by atoms with Gasteiger partial charge in [-0.1, -0.05) is 13.8 Å². The summed E-state index contributed by atoms with van der Waals surface area (Å²) in [5.74, 6) is -0.905. The first-order chi connectivity index (χ1) is 6.72. The van der Waals surface area contributed by atoms with Crippen molar-refractivity contribution < 1.29 is 8.78 Å². The molecular weight excluding hydrogens is 204 g/mol. The molecule has 0 saturated heterocycles. The lowest BCUT2D eigenvalue weighted by atomic mass is 10.2. The molecule has 0 aliphatic carbocycles. The summed E-state index contributed by atoms with van der Waals surface area (Å²) in [6, 6.07) is 3.24. The molecule has 0 radical (unpaired) electrons. The zero-order valence-corrected chi connectivity index (χ0v) is 8.87. The van der Waals surface area contributed by atoms with Crippen molar-refractivity contribution in [2.75, 3.05) is 0 Å². The zero-order valence-electron chi connectivity index (χ0n) is 8.05. The van der Waals surface area contributed by atoms with Gasteiger partial charge >= 0.3 is 0 Å². The molecule has 1 aromatic carbocycles. The summed E-state index contributed by atoms with van der Waals surface area (Å²) in [4.78, 5) is 0. The third-order valence-electron chi connectivity index (χ3n) is 1.23. The van der Waals surface area contributed by atoms with Crippen molar-refractivity contribution in [1.29, 1.82) is 5.26 Å². The maximum Gasteiger partial charge on any atom is 0.133 e. The molecule has 4 heteroatoms. The summed E-state index contributed by atoms with van der Waals surface area (Å²) in [5.41, 5.74) is 0.485. The molecular formula is C10H11F2NS. The van der Waals surface area contributed by atoms with E-state index in [4.69, 9.17) is 5.26 Å². The highest BCUT2D eigenvalue weighted by Crippen LogP contribution is 2.13. The average molecular weight is 215 g/mol. The molecule has 0 unspecified atom stereocenters. The Labute approximate surface area is 86.7 Å². The molecule has 0 heterocycles. The van der Waals surface area contributed by atoms with Crippen LogP contribution in [0, 0.1) is 22.3 Å². The smallest absolute Gasteiger partial charge is 0.133 e. The fourth-order valence-electron chi connectivity index (χ4n) is 0.810. The molecule has 1 nitrogen and oxygen atoms in total. The quantitative estimate of drug-likeness (QED) is 0.702. The van der Waals surface area contributed by atoms with E-state index in [1.807, 2.05) is 19.2 Å². The minimum Gasteiger partial charge on any atom is -0.207 e. The van der Waals surface area contributed by atoms with Crippen LogP contribution in [-0.2, 0) is 5.75 Å². The maximum absolute atomic E-state index is 12.5. The van der Waals surface area contributed by atoms with Crippen molar-refractivity contribution in [2.45, 2.75) is 19.6 Å². The molecule has 0 atom stereocenters. The predicted molar refractivity (Wildman–Crippen MR) is 54.6 cm³/mol. The lowest BCUT2D eigenvalue weighted by Crippen LogP contribution is -1.85. The number of thiocyanates is 1. The Morgan fingerprint density at radius 2 is 1.71 bits per heavy atom. The van der Waals surface area contributed by atoms with Gasteiger partial charge in [0.1, 0.15) is 17.0 Å². The van der Waals surface area contributed by atoms with Crippen LogP contribution < -0.4 is 0 Å². The van der Waals surface area contributed by atoms with Gasteiger partial charge in [-0.15, -0.1) is 0 Å². The van der Waals surface area contributed by atoms with Crippen molar-refractivity contribution in [3.63, 3.8) is 0 Å². The summed E-state index contributed by atoms with van der Waals surface area (Å²) in [7, 11) is 0. The number of thioether (sulfide) groups is 1. The van der Waals surface area contributed by atoms with E-state index in [-0.39, 0.29) is 0 Å². The Hall–Kier alpha value is -1.08. The van der Waals surface area contributed by atoms with Gasteiger partial charge in [0, 0.05) is 11.8 Å². The standard InChI is InChI=1S/C8H5F2NS.C2H6/c9-7-1-6(4-12-5-11)2-8(10)3-7;1-2/h1-3H,4H2;1-2H3. The van der Waals surface area contributed by atoms with E-state index in [1.54, 1.807) is 0 Å². The predicted octanol–water partition coefficient (Wildman–Crippen LogP) is 3.71. The molecule has 14 heavy (non-hydrogen) atoms. The molecule has 0 amide bonds. The van der Waals surface area contributed by atoms with Gasteiger partial charge in [-0.25, -0.2) is 8.78 Å². The topological polar surface area (TPSA) is 23.8 Å². The molecule has 0 aliphatic heterocycles. The molecule has 1 rings (SSSR count). The maximum atomic E-state index is 12.5. The second kappa shape index (κ2) is 7.34. The number of nitriles is 1. The summed E-state index contributed by atoms with van der Waals surface area (Å²) in [5, 5.41) is 10.0. The molecule has 0 aromatic heterocycles. The van der Waals surface area contributed by atoms with Gasteiger partial charge in [-0.2, -0.15) is 5.26 Å². The highest BCUT2D eigenvalue weighted by Gasteiger charge is 1.99. The normalized spacial score (nSPS) is 8.50. The molecule has 0 fully saturated rings. The van der Waals surface area contributed by atoms with Crippen LogP contribution in [-0.4, -0.2) is 0 Å². The summed E-state index contributed by atoms with van der Waals surface area (Å²) >= 11 is 0.951.